The maximum atomic E-state index is 16.8. The Morgan fingerprint density at radius 2 is 0.481 bits per heavy atom. The third-order valence-corrected chi connectivity index (χ3v) is 29.1. The van der Waals surface area contributed by atoms with Crippen molar-refractivity contribution in [3.63, 3.8) is 0 Å². The van der Waals surface area contributed by atoms with Gasteiger partial charge in [0.2, 0.25) is 0 Å². The van der Waals surface area contributed by atoms with Gasteiger partial charge in [-0.25, -0.2) is 0 Å². The molecule has 0 amide bonds. The van der Waals surface area contributed by atoms with Gasteiger partial charge in [0.05, 0.1) is 5.41 Å². The molecule has 0 aliphatic heterocycles. The maximum Gasteiger partial charge on any atom is 0.171 e. The average molecular weight is 1120 g/mol. The Morgan fingerprint density at radius 1 is 0.247 bits per heavy atom. The number of hydrogen-bond acceptors (Lipinski definition) is 4. The minimum atomic E-state index is -3.61. The molecule has 0 bridgehead atoms. The third kappa shape index (κ3) is 7.80. The van der Waals surface area contributed by atoms with Crippen LogP contribution in [0.3, 0.4) is 0 Å². The van der Waals surface area contributed by atoms with Gasteiger partial charge in [-0.3, -0.25) is 0 Å². The van der Waals surface area contributed by atoms with E-state index in [1.807, 2.05) is 243 Å². The Morgan fingerprint density at radius 3 is 0.716 bits per heavy atom. The largest absolute Gasteiger partial charge is 0.309 e. The van der Waals surface area contributed by atoms with Crippen molar-refractivity contribution in [3.8, 4) is 22.3 Å². The zero-order chi connectivity index (χ0) is 54.8. The van der Waals surface area contributed by atoms with E-state index in [0.29, 0.717) is 53.0 Å². The molecule has 0 aromatic heterocycles. The van der Waals surface area contributed by atoms with Crippen molar-refractivity contribution in [1.82, 2.24) is 0 Å². The number of fused-ring (bicyclic) bond motifs is 10. The first-order valence-electron chi connectivity index (χ1n) is 27.5. The summed E-state index contributed by atoms with van der Waals surface area (Å²) in [6.07, 6.45) is 7.93. The van der Waals surface area contributed by atoms with Crippen LogP contribution in [0.4, 0.5) is 0 Å². The van der Waals surface area contributed by atoms with Gasteiger partial charge in [-0.2, -0.15) is 0 Å². The van der Waals surface area contributed by atoms with Gasteiger partial charge in [-0.05, 0) is 81.6 Å². The maximum absolute atomic E-state index is 16.8. The second-order valence-electron chi connectivity index (χ2n) is 21.1. The Labute approximate surface area is 473 Å². The summed E-state index contributed by atoms with van der Waals surface area (Å²) in [6.45, 7) is 0. The molecule has 1 atom stereocenters. The van der Waals surface area contributed by atoms with Crippen molar-refractivity contribution in [1.29, 1.82) is 0 Å². The molecule has 0 N–H and O–H groups in total. The van der Waals surface area contributed by atoms with E-state index in [2.05, 4.69) is 60.7 Å². The predicted molar refractivity (Wildman–Crippen MR) is 341 cm³/mol. The van der Waals surface area contributed by atoms with Gasteiger partial charge in [0.25, 0.3) is 0 Å². The molecular formula is C73H54O4P4. The highest BCUT2D eigenvalue weighted by Gasteiger charge is 2.54. The lowest BCUT2D eigenvalue weighted by molar-refractivity contribution is 0.590. The third-order valence-electron chi connectivity index (χ3n) is 16.8. The van der Waals surface area contributed by atoms with Crippen molar-refractivity contribution in [2.45, 2.75) is 18.3 Å². The molecule has 0 radical (unpaired) electrons. The smallest absolute Gasteiger partial charge is 0.171 e. The van der Waals surface area contributed by atoms with E-state index in [1.165, 1.54) is 0 Å². The predicted octanol–water partition coefficient (Wildman–Crippen LogP) is 13.5. The van der Waals surface area contributed by atoms with E-state index in [-0.39, 0.29) is 0 Å². The first-order valence-corrected chi connectivity index (χ1v) is 34.3. The van der Waals surface area contributed by atoms with Crippen LogP contribution >= 0.6 is 28.6 Å². The van der Waals surface area contributed by atoms with Crippen LogP contribution in [0.25, 0.3) is 22.3 Å². The Kier molecular flexibility index (Phi) is 12.7. The standard InChI is InChI=1S/C73H54O4P4/c74-78(53-25-9-1-10-26-53,54-27-11-2-12-28-54)61-41-45-65-66-46-42-62(79(75,55-29-13-3-14-30-55)56-31-15-4-16-32-56)50-70(66)73(69(65)49-61)71-51-63(80(76,57-33-17-5-18-34-57)58-35-19-6-20-36-58)43-47-67(71)68-48-44-64(52-72(68)73)81(77,59-37-21-7-22-38-59)60-39-23-8-24-40-60/h1-7,9-23,25-52H,8,24H2. The van der Waals surface area contributed by atoms with E-state index >= 15 is 18.3 Å². The van der Waals surface area contributed by atoms with Crippen LogP contribution in [0.1, 0.15) is 35.1 Å². The molecule has 1 unspecified atom stereocenters. The lowest BCUT2D eigenvalue weighted by Crippen LogP contribution is -2.33. The van der Waals surface area contributed by atoms with Gasteiger partial charge in [0.1, 0.15) is 0 Å². The number of allylic oxidation sites excluding steroid dienone is 4. The van der Waals surface area contributed by atoms with Crippen LogP contribution < -0.4 is 58.3 Å². The van der Waals surface area contributed by atoms with Crippen LogP contribution in [0.15, 0.2) is 309 Å². The molecule has 11 aromatic rings. The minimum Gasteiger partial charge on any atom is -0.309 e. The fourth-order valence-corrected chi connectivity index (χ4v) is 23.9. The first-order chi connectivity index (χ1) is 39.7. The summed E-state index contributed by atoms with van der Waals surface area (Å²) in [5.41, 5.74) is 5.98. The van der Waals surface area contributed by atoms with E-state index in [1.54, 1.807) is 0 Å². The fraction of sp³-hybridized carbons (Fsp3) is 0.0411. The highest BCUT2D eigenvalue weighted by molar-refractivity contribution is 7.86. The topological polar surface area (TPSA) is 68.3 Å². The van der Waals surface area contributed by atoms with Gasteiger partial charge in [-0.15, -0.1) is 0 Å². The zero-order valence-electron chi connectivity index (χ0n) is 44.2. The van der Waals surface area contributed by atoms with Gasteiger partial charge >= 0.3 is 0 Å². The second-order valence-corrected chi connectivity index (χ2v) is 32.1. The van der Waals surface area contributed by atoms with Crippen molar-refractivity contribution in [2.75, 3.05) is 0 Å². The number of hydrogen-bond donors (Lipinski definition) is 0. The van der Waals surface area contributed by atoms with Crippen molar-refractivity contribution < 1.29 is 18.3 Å². The SMILES string of the molecule is O=P(C1=CCCC=C1)(c1ccccc1)c1ccc2c(c1)C1(c3cc(P(=O)(c4ccccc4)c4ccccc4)ccc3-2)c2cc(P(=O)(c3ccccc3)c3ccccc3)ccc2-c2ccc(P(=O)(c3ccccc3)c3ccccc3)cc21. The molecule has 0 fully saturated rings. The summed E-state index contributed by atoms with van der Waals surface area (Å²) >= 11 is 0. The molecule has 0 saturated heterocycles. The van der Waals surface area contributed by atoms with Gasteiger partial charge in [0, 0.05) is 63.7 Å². The summed E-state index contributed by atoms with van der Waals surface area (Å²) in [6, 6.07) is 93.7. The highest BCUT2D eigenvalue weighted by atomic mass is 31.2. The summed E-state index contributed by atoms with van der Waals surface area (Å²) in [7, 11) is -14.4. The molecule has 81 heavy (non-hydrogen) atoms. The molecule has 11 aromatic carbocycles. The summed E-state index contributed by atoms with van der Waals surface area (Å²) in [5, 5.41) is 8.38. The van der Waals surface area contributed by atoms with Crippen LogP contribution in [-0.2, 0) is 23.7 Å². The molecule has 14 rings (SSSR count). The minimum absolute atomic E-state index is 0.652. The Balaban J connectivity index is 1.14. The monoisotopic (exact) mass is 1120 g/mol. The molecule has 3 aliphatic carbocycles. The molecule has 0 saturated carbocycles. The average Bonchev–Trinajstić information content (AvgIpc) is 4.24. The van der Waals surface area contributed by atoms with Crippen molar-refractivity contribution >= 4 is 86.9 Å². The molecule has 8 heteroatoms. The molecule has 390 valence electrons. The van der Waals surface area contributed by atoms with Crippen molar-refractivity contribution in [2.24, 2.45) is 0 Å². The molecule has 0 heterocycles. The van der Waals surface area contributed by atoms with E-state index in [4.69, 9.17) is 0 Å². The molecule has 4 nitrogen and oxygen atoms in total. The highest BCUT2D eigenvalue weighted by Crippen LogP contribution is 2.65. The lowest BCUT2D eigenvalue weighted by atomic mass is 9.70. The Hall–Kier alpha value is -8.18. The van der Waals surface area contributed by atoms with Gasteiger partial charge in [0.15, 0.2) is 28.6 Å². The normalized spacial score (nSPS) is 14.7. The number of benzene rings is 11. The van der Waals surface area contributed by atoms with Crippen LogP contribution in [-0.4, -0.2) is 0 Å². The fourth-order valence-electron chi connectivity index (χ4n) is 13.1. The zero-order valence-corrected chi connectivity index (χ0v) is 47.8. The first kappa shape index (κ1) is 51.0. The molecular weight excluding hydrogens is 1060 g/mol. The van der Waals surface area contributed by atoms with Gasteiger partial charge < -0.3 is 18.3 Å². The molecule has 3 aliphatic rings. The van der Waals surface area contributed by atoms with E-state index in [0.717, 1.165) is 68.0 Å². The van der Waals surface area contributed by atoms with E-state index in [9.17, 15) is 0 Å². The summed E-state index contributed by atoms with van der Waals surface area (Å²) in [5.74, 6) is 0. The summed E-state index contributed by atoms with van der Waals surface area (Å²) < 4.78 is 67.1. The van der Waals surface area contributed by atoms with Crippen LogP contribution in [0.5, 0.6) is 0 Å². The van der Waals surface area contributed by atoms with Crippen molar-refractivity contribution in [3.05, 3.63) is 331 Å². The van der Waals surface area contributed by atoms with Gasteiger partial charge in [-0.1, -0.05) is 279 Å². The number of rotatable bonds is 12. The quantitative estimate of drug-likeness (QED) is 0.114. The second kappa shape index (κ2) is 20.1. The summed E-state index contributed by atoms with van der Waals surface area (Å²) in [4.78, 5) is 0. The molecule has 1 spiro atoms. The Bertz CT molecular complexity index is 4080. The van der Waals surface area contributed by atoms with E-state index < -0.39 is 34.0 Å². The van der Waals surface area contributed by atoms with Crippen LogP contribution in [0, 0.1) is 0 Å². The lowest BCUT2D eigenvalue weighted by Gasteiger charge is -2.33. The van der Waals surface area contributed by atoms with Crippen LogP contribution in [0.2, 0.25) is 0 Å².